The van der Waals surface area contributed by atoms with Gasteiger partial charge in [0.15, 0.2) is 17.3 Å². The van der Waals surface area contributed by atoms with Crippen molar-refractivity contribution in [2.75, 3.05) is 26.6 Å². The average Bonchev–Trinajstić information content (AvgIpc) is 3.17. The SMILES string of the molecule is COc1cc(C(=O)Nc2n[nH]c(C(F)(F)F)c2-c2ccccc2)cc(OC)c1OC. The van der Waals surface area contributed by atoms with Crippen molar-refractivity contribution in [1.29, 1.82) is 0 Å². The molecule has 10 heteroatoms. The van der Waals surface area contributed by atoms with Crippen LogP contribution in [0, 0.1) is 0 Å². The van der Waals surface area contributed by atoms with Gasteiger partial charge in [-0.2, -0.15) is 18.3 Å². The second kappa shape index (κ2) is 8.36. The van der Waals surface area contributed by atoms with Crippen LogP contribution in [0.3, 0.4) is 0 Å². The Kier molecular flexibility index (Phi) is 5.86. The number of H-pyrrole nitrogens is 1. The zero-order valence-corrected chi connectivity index (χ0v) is 16.3. The van der Waals surface area contributed by atoms with Gasteiger partial charge in [0.2, 0.25) is 5.75 Å². The summed E-state index contributed by atoms with van der Waals surface area (Å²) < 4.78 is 56.0. The van der Waals surface area contributed by atoms with Crippen molar-refractivity contribution in [3.05, 3.63) is 53.7 Å². The Labute approximate surface area is 169 Å². The van der Waals surface area contributed by atoms with Gasteiger partial charge in [0.25, 0.3) is 5.91 Å². The lowest BCUT2D eigenvalue weighted by Crippen LogP contribution is -2.14. The van der Waals surface area contributed by atoms with Gasteiger partial charge >= 0.3 is 6.18 Å². The van der Waals surface area contributed by atoms with Crippen molar-refractivity contribution < 1.29 is 32.2 Å². The van der Waals surface area contributed by atoms with E-state index in [-0.39, 0.29) is 39.8 Å². The Bertz CT molecular complexity index is 1020. The highest BCUT2D eigenvalue weighted by atomic mass is 19.4. The van der Waals surface area contributed by atoms with Crippen LogP contribution < -0.4 is 19.5 Å². The minimum absolute atomic E-state index is 0.0834. The van der Waals surface area contributed by atoms with Crippen LogP contribution >= 0.6 is 0 Å². The van der Waals surface area contributed by atoms with E-state index in [0.29, 0.717) is 0 Å². The van der Waals surface area contributed by atoms with Gasteiger partial charge in [-0.25, -0.2) is 0 Å². The molecule has 1 heterocycles. The van der Waals surface area contributed by atoms with Crippen LogP contribution in [-0.4, -0.2) is 37.4 Å². The number of benzene rings is 2. The number of hydrogen-bond acceptors (Lipinski definition) is 5. The maximum atomic E-state index is 13.5. The number of methoxy groups -OCH3 is 3. The Hall–Kier alpha value is -3.69. The molecular weight excluding hydrogens is 403 g/mol. The van der Waals surface area contributed by atoms with Gasteiger partial charge in [0, 0.05) is 5.56 Å². The smallest absolute Gasteiger partial charge is 0.433 e. The fraction of sp³-hybridized carbons (Fsp3) is 0.200. The first-order chi connectivity index (χ1) is 14.3. The Morgan fingerprint density at radius 1 is 1.00 bits per heavy atom. The molecule has 0 fully saturated rings. The molecule has 158 valence electrons. The molecule has 7 nitrogen and oxygen atoms in total. The van der Waals surface area contributed by atoms with Crippen molar-refractivity contribution in [3.63, 3.8) is 0 Å². The lowest BCUT2D eigenvalue weighted by atomic mass is 10.0. The van der Waals surface area contributed by atoms with E-state index in [2.05, 4.69) is 10.4 Å². The lowest BCUT2D eigenvalue weighted by molar-refractivity contribution is -0.140. The molecule has 30 heavy (non-hydrogen) atoms. The molecule has 1 amide bonds. The maximum absolute atomic E-state index is 13.5. The second-order valence-corrected chi connectivity index (χ2v) is 6.05. The fourth-order valence-corrected chi connectivity index (χ4v) is 2.92. The zero-order valence-electron chi connectivity index (χ0n) is 16.3. The topological polar surface area (TPSA) is 85.5 Å². The largest absolute Gasteiger partial charge is 0.493 e. The summed E-state index contributed by atoms with van der Waals surface area (Å²) in [6.45, 7) is 0. The summed E-state index contributed by atoms with van der Waals surface area (Å²) in [5.41, 5.74) is -0.989. The predicted molar refractivity (Wildman–Crippen MR) is 103 cm³/mol. The summed E-state index contributed by atoms with van der Waals surface area (Å²) in [5, 5.41) is 8.08. The highest BCUT2D eigenvalue weighted by molar-refractivity contribution is 6.06. The summed E-state index contributed by atoms with van der Waals surface area (Å²) in [7, 11) is 4.18. The highest BCUT2D eigenvalue weighted by Crippen LogP contribution is 2.41. The second-order valence-electron chi connectivity index (χ2n) is 6.05. The minimum atomic E-state index is -4.69. The monoisotopic (exact) mass is 421 g/mol. The molecule has 0 spiro atoms. The normalized spacial score (nSPS) is 11.1. The van der Waals surface area contributed by atoms with Gasteiger partial charge in [-0.1, -0.05) is 30.3 Å². The third-order valence-electron chi connectivity index (χ3n) is 4.27. The molecular formula is C20H18F3N3O4. The van der Waals surface area contributed by atoms with Crippen molar-refractivity contribution in [3.8, 4) is 28.4 Å². The molecule has 0 aliphatic carbocycles. The Balaban J connectivity index is 2.03. The van der Waals surface area contributed by atoms with Gasteiger partial charge < -0.3 is 19.5 Å². The van der Waals surface area contributed by atoms with Gasteiger partial charge in [-0.3, -0.25) is 9.89 Å². The van der Waals surface area contributed by atoms with Crippen LogP contribution in [0.4, 0.5) is 19.0 Å². The number of ether oxygens (including phenoxy) is 3. The highest BCUT2D eigenvalue weighted by Gasteiger charge is 2.38. The number of aromatic amines is 1. The van der Waals surface area contributed by atoms with E-state index in [1.165, 1.54) is 45.6 Å². The van der Waals surface area contributed by atoms with Crippen LogP contribution in [0.2, 0.25) is 0 Å². The van der Waals surface area contributed by atoms with E-state index in [0.717, 1.165) is 0 Å². The number of nitrogens with one attached hydrogen (secondary N) is 2. The molecule has 0 saturated heterocycles. The number of amides is 1. The van der Waals surface area contributed by atoms with E-state index in [1.807, 2.05) is 5.10 Å². The molecule has 0 bridgehead atoms. The molecule has 0 atom stereocenters. The number of rotatable bonds is 6. The van der Waals surface area contributed by atoms with E-state index in [9.17, 15) is 18.0 Å². The number of nitrogens with zero attached hydrogens (tertiary/aromatic N) is 1. The number of halogens is 3. The van der Waals surface area contributed by atoms with Gasteiger partial charge in [0.05, 0.1) is 26.9 Å². The summed E-state index contributed by atoms with van der Waals surface area (Å²) in [5.74, 6) is -0.230. The first kappa shape index (κ1) is 21.0. The quantitative estimate of drug-likeness (QED) is 0.617. The van der Waals surface area contributed by atoms with Crippen molar-refractivity contribution >= 4 is 11.7 Å². The maximum Gasteiger partial charge on any atom is 0.433 e. The number of hydrogen-bond donors (Lipinski definition) is 2. The molecule has 2 N–H and O–H groups in total. The number of alkyl halides is 3. The number of aromatic nitrogens is 2. The average molecular weight is 421 g/mol. The predicted octanol–water partition coefficient (Wildman–Crippen LogP) is 4.37. The van der Waals surface area contributed by atoms with Crippen LogP contribution in [0.1, 0.15) is 16.1 Å². The molecule has 3 rings (SSSR count). The summed E-state index contributed by atoms with van der Waals surface area (Å²) >= 11 is 0. The Morgan fingerprint density at radius 2 is 1.60 bits per heavy atom. The third-order valence-corrected chi connectivity index (χ3v) is 4.27. The summed E-state index contributed by atoms with van der Waals surface area (Å²) in [6, 6.07) is 10.6. The number of carbonyl (C=O) groups excluding carboxylic acids is 1. The third kappa shape index (κ3) is 4.02. The van der Waals surface area contributed by atoms with Crippen molar-refractivity contribution in [1.82, 2.24) is 10.2 Å². The number of carbonyl (C=O) groups is 1. The first-order valence-electron chi connectivity index (χ1n) is 8.62. The van der Waals surface area contributed by atoms with E-state index in [1.54, 1.807) is 18.2 Å². The molecule has 3 aromatic rings. The van der Waals surface area contributed by atoms with Gasteiger partial charge in [-0.05, 0) is 17.7 Å². The van der Waals surface area contributed by atoms with Gasteiger partial charge in [-0.15, -0.1) is 0 Å². The molecule has 1 aromatic heterocycles. The molecule has 0 unspecified atom stereocenters. The Morgan fingerprint density at radius 3 is 2.10 bits per heavy atom. The standard InChI is InChI=1S/C20H18F3N3O4/c1-28-13-9-12(10-14(29-2)16(13)30-3)19(27)24-18-15(11-7-5-4-6-8-11)17(25-26-18)20(21,22)23/h4-10H,1-3H3,(H2,24,25,26,27). The fourth-order valence-electron chi connectivity index (χ4n) is 2.92. The molecule has 0 aliphatic heterocycles. The first-order valence-corrected chi connectivity index (χ1v) is 8.62. The summed E-state index contributed by atoms with van der Waals surface area (Å²) in [4.78, 5) is 12.8. The lowest BCUT2D eigenvalue weighted by Gasteiger charge is -2.14. The van der Waals surface area contributed by atoms with E-state index < -0.39 is 17.8 Å². The van der Waals surface area contributed by atoms with E-state index >= 15 is 0 Å². The van der Waals surface area contributed by atoms with Crippen molar-refractivity contribution in [2.45, 2.75) is 6.18 Å². The summed E-state index contributed by atoms with van der Waals surface area (Å²) in [6.07, 6.45) is -4.69. The molecule has 2 aromatic carbocycles. The molecule has 0 saturated carbocycles. The van der Waals surface area contributed by atoms with Crippen LogP contribution in [0.15, 0.2) is 42.5 Å². The van der Waals surface area contributed by atoms with Crippen LogP contribution in [-0.2, 0) is 6.18 Å². The zero-order chi connectivity index (χ0) is 21.9. The van der Waals surface area contributed by atoms with Gasteiger partial charge in [0.1, 0.15) is 5.69 Å². The number of anilines is 1. The van der Waals surface area contributed by atoms with Crippen LogP contribution in [0.5, 0.6) is 17.2 Å². The van der Waals surface area contributed by atoms with E-state index in [4.69, 9.17) is 14.2 Å². The molecule has 0 radical (unpaired) electrons. The molecule has 0 aliphatic rings. The minimum Gasteiger partial charge on any atom is -0.493 e. The van der Waals surface area contributed by atoms with Crippen molar-refractivity contribution in [2.24, 2.45) is 0 Å². The van der Waals surface area contributed by atoms with Crippen LogP contribution in [0.25, 0.3) is 11.1 Å².